The van der Waals surface area contributed by atoms with Crippen molar-refractivity contribution >= 4 is 28.9 Å². The van der Waals surface area contributed by atoms with Gasteiger partial charge in [-0.2, -0.15) is 0 Å². The summed E-state index contributed by atoms with van der Waals surface area (Å²) < 4.78 is 2.08. The van der Waals surface area contributed by atoms with Crippen LogP contribution in [-0.4, -0.2) is 25.5 Å². The topological polar surface area (TPSA) is 56.0 Å². The molecule has 0 amide bonds. The number of hydrogen-bond acceptors (Lipinski definition) is 4. The number of fused-ring (bicyclic) bond motifs is 3. The molecule has 7 heteroatoms. The zero-order valence-electron chi connectivity index (χ0n) is 15.7. The Morgan fingerprint density at radius 1 is 1.00 bits per heavy atom. The first-order valence-electron chi connectivity index (χ1n) is 9.59. The first-order valence-corrected chi connectivity index (χ1v) is 10.3. The van der Waals surface area contributed by atoms with Crippen molar-refractivity contribution in [2.75, 3.05) is 0 Å². The van der Waals surface area contributed by atoms with Crippen molar-refractivity contribution < 1.29 is 0 Å². The highest BCUT2D eigenvalue weighted by atomic mass is 35.5. The normalized spacial score (nSPS) is 12.9. The van der Waals surface area contributed by atoms with Crippen LogP contribution in [0.4, 0.5) is 0 Å². The van der Waals surface area contributed by atoms with E-state index in [0.29, 0.717) is 22.4 Å². The molecule has 0 bridgehead atoms. The Hall–Kier alpha value is -2.24. The second-order valence-corrected chi connectivity index (χ2v) is 7.62. The highest BCUT2D eigenvalue weighted by molar-refractivity contribution is 6.35. The summed E-state index contributed by atoms with van der Waals surface area (Å²) >= 11 is 12.7. The Labute approximate surface area is 174 Å². The van der Waals surface area contributed by atoms with E-state index in [9.17, 15) is 0 Å². The van der Waals surface area contributed by atoms with E-state index in [1.807, 2.05) is 30.3 Å². The Bertz CT molecular complexity index is 1030. The van der Waals surface area contributed by atoms with Crippen LogP contribution in [0.15, 0.2) is 41.4 Å². The van der Waals surface area contributed by atoms with Crippen LogP contribution >= 0.6 is 23.2 Å². The largest absolute Gasteiger partial charge is 0.279 e. The zero-order chi connectivity index (χ0) is 19.5. The molecule has 5 nitrogen and oxygen atoms in total. The predicted molar refractivity (Wildman–Crippen MR) is 113 cm³/mol. The summed E-state index contributed by atoms with van der Waals surface area (Å²) in [4.78, 5) is 9.39. The molecule has 2 aromatic heterocycles. The maximum atomic E-state index is 6.46. The maximum Gasteiger partial charge on any atom is 0.159 e. The van der Waals surface area contributed by atoms with Crippen molar-refractivity contribution in [3.05, 3.63) is 69.5 Å². The first-order chi connectivity index (χ1) is 13.7. The van der Waals surface area contributed by atoms with Crippen molar-refractivity contribution in [1.29, 1.82) is 0 Å². The van der Waals surface area contributed by atoms with Crippen molar-refractivity contribution in [3.63, 3.8) is 0 Å². The van der Waals surface area contributed by atoms with Gasteiger partial charge in [0.25, 0.3) is 0 Å². The van der Waals surface area contributed by atoms with E-state index in [1.165, 1.54) is 19.3 Å². The van der Waals surface area contributed by atoms with Crippen molar-refractivity contribution in [3.8, 4) is 5.69 Å². The van der Waals surface area contributed by atoms with Gasteiger partial charge < -0.3 is 0 Å². The summed E-state index contributed by atoms with van der Waals surface area (Å²) in [5, 5.41) is 9.88. The number of halogens is 2. The van der Waals surface area contributed by atoms with Gasteiger partial charge in [0.05, 0.1) is 16.4 Å². The molecule has 144 valence electrons. The van der Waals surface area contributed by atoms with Gasteiger partial charge >= 0.3 is 0 Å². The SMILES string of the molecule is CCCCCCc1nnc2n1-c1ccc(Cl)nc1C(c1ccccc1Cl)=NC2. The fraction of sp³-hybridized carbons (Fsp3) is 0.333. The predicted octanol–water partition coefficient (Wildman–Crippen LogP) is 5.44. The first kappa shape index (κ1) is 19.1. The van der Waals surface area contributed by atoms with Crippen LogP contribution in [0.5, 0.6) is 0 Å². The lowest BCUT2D eigenvalue weighted by molar-refractivity contribution is 0.645. The Morgan fingerprint density at radius 2 is 1.86 bits per heavy atom. The lowest BCUT2D eigenvalue weighted by Crippen LogP contribution is -2.12. The molecule has 1 aromatic carbocycles. The highest BCUT2D eigenvalue weighted by Gasteiger charge is 2.25. The zero-order valence-corrected chi connectivity index (χ0v) is 17.2. The van der Waals surface area contributed by atoms with E-state index in [0.717, 1.165) is 41.5 Å². The molecule has 4 rings (SSSR count). The van der Waals surface area contributed by atoms with E-state index in [2.05, 4.69) is 26.7 Å². The summed E-state index contributed by atoms with van der Waals surface area (Å²) in [6.07, 6.45) is 5.58. The quantitative estimate of drug-likeness (QED) is 0.399. The average molecular weight is 414 g/mol. The van der Waals surface area contributed by atoms with Gasteiger partial charge in [-0.15, -0.1) is 10.2 Å². The minimum Gasteiger partial charge on any atom is -0.279 e. The number of rotatable bonds is 6. The summed E-state index contributed by atoms with van der Waals surface area (Å²) in [5.74, 6) is 1.74. The van der Waals surface area contributed by atoms with Gasteiger partial charge in [0, 0.05) is 12.0 Å². The third-order valence-electron chi connectivity index (χ3n) is 4.86. The van der Waals surface area contributed by atoms with E-state index in [-0.39, 0.29) is 0 Å². The summed E-state index contributed by atoms with van der Waals surface area (Å²) in [5.41, 5.74) is 3.16. The van der Waals surface area contributed by atoms with Gasteiger partial charge in [0.15, 0.2) is 5.82 Å². The van der Waals surface area contributed by atoms with Crippen molar-refractivity contribution in [2.24, 2.45) is 4.99 Å². The van der Waals surface area contributed by atoms with Crippen LogP contribution in [0, 0.1) is 0 Å². The van der Waals surface area contributed by atoms with Gasteiger partial charge in [0.1, 0.15) is 23.2 Å². The number of hydrogen-bond donors (Lipinski definition) is 0. The smallest absolute Gasteiger partial charge is 0.159 e. The molecule has 0 spiro atoms. The molecule has 3 aromatic rings. The minimum atomic E-state index is 0.413. The molecule has 0 saturated heterocycles. The number of benzene rings is 1. The van der Waals surface area contributed by atoms with Crippen LogP contribution in [0.1, 0.15) is 55.5 Å². The lowest BCUT2D eigenvalue weighted by Gasteiger charge is -2.13. The summed E-state index contributed by atoms with van der Waals surface area (Å²) in [6.45, 7) is 2.62. The second kappa shape index (κ2) is 8.41. The third kappa shape index (κ3) is 3.69. The molecular weight excluding hydrogens is 393 g/mol. The second-order valence-electron chi connectivity index (χ2n) is 6.82. The standard InChI is InChI=1S/C21H21Cl2N5/c1-2-3-4-5-10-18-26-27-19-13-24-20(14-8-6-7-9-15(14)22)21-16(28(18)19)11-12-17(23)25-21/h6-9,11-12H,2-5,10,13H2,1H3. The molecule has 3 heterocycles. The average Bonchev–Trinajstić information content (AvgIpc) is 3.02. The summed E-state index contributed by atoms with van der Waals surface area (Å²) in [7, 11) is 0. The monoisotopic (exact) mass is 413 g/mol. The third-order valence-corrected chi connectivity index (χ3v) is 5.40. The Balaban J connectivity index is 1.80. The molecule has 0 unspecified atom stereocenters. The van der Waals surface area contributed by atoms with Crippen LogP contribution in [0.3, 0.4) is 0 Å². The van der Waals surface area contributed by atoms with E-state index >= 15 is 0 Å². The molecule has 0 radical (unpaired) electrons. The van der Waals surface area contributed by atoms with E-state index < -0.39 is 0 Å². The molecule has 1 aliphatic heterocycles. The van der Waals surface area contributed by atoms with Gasteiger partial charge in [0.2, 0.25) is 0 Å². The van der Waals surface area contributed by atoms with Gasteiger partial charge in [-0.25, -0.2) is 4.98 Å². The van der Waals surface area contributed by atoms with Crippen molar-refractivity contribution in [2.45, 2.75) is 45.6 Å². The Morgan fingerprint density at radius 3 is 2.68 bits per heavy atom. The van der Waals surface area contributed by atoms with Crippen LogP contribution < -0.4 is 0 Å². The molecule has 0 saturated carbocycles. The van der Waals surface area contributed by atoms with Crippen LogP contribution in [-0.2, 0) is 13.0 Å². The number of aryl methyl sites for hydroxylation is 1. The number of pyridine rings is 1. The van der Waals surface area contributed by atoms with Crippen molar-refractivity contribution in [1.82, 2.24) is 19.7 Å². The number of aromatic nitrogens is 4. The fourth-order valence-electron chi connectivity index (χ4n) is 3.48. The molecule has 0 atom stereocenters. The fourth-order valence-corrected chi connectivity index (χ4v) is 3.85. The number of nitrogens with zero attached hydrogens (tertiary/aromatic N) is 5. The molecule has 0 N–H and O–H groups in total. The molecular formula is C21H21Cl2N5. The molecule has 1 aliphatic rings. The minimum absolute atomic E-state index is 0.413. The van der Waals surface area contributed by atoms with Crippen LogP contribution in [0.2, 0.25) is 10.2 Å². The highest BCUT2D eigenvalue weighted by Crippen LogP contribution is 2.28. The lowest BCUT2D eigenvalue weighted by atomic mass is 10.1. The summed E-state index contributed by atoms with van der Waals surface area (Å²) in [6, 6.07) is 11.4. The van der Waals surface area contributed by atoms with E-state index in [4.69, 9.17) is 28.2 Å². The van der Waals surface area contributed by atoms with Gasteiger partial charge in [-0.3, -0.25) is 9.56 Å². The molecule has 28 heavy (non-hydrogen) atoms. The van der Waals surface area contributed by atoms with E-state index in [1.54, 1.807) is 6.07 Å². The maximum absolute atomic E-state index is 6.46. The van der Waals surface area contributed by atoms with Gasteiger partial charge in [-0.05, 0) is 24.6 Å². The van der Waals surface area contributed by atoms with Crippen LogP contribution in [0.25, 0.3) is 5.69 Å². The number of aliphatic imine (C=N–C) groups is 1. The Kier molecular flexibility index (Phi) is 5.74. The molecule has 0 fully saturated rings. The van der Waals surface area contributed by atoms with Gasteiger partial charge in [-0.1, -0.05) is 67.6 Å². The molecule has 0 aliphatic carbocycles. The number of unbranched alkanes of at least 4 members (excludes halogenated alkanes) is 3.